The van der Waals surface area contributed by atoms with E-state index >= 15 is 0 Å². The van der Waals surface area contributed by atoms with Gasteiger partial charge in [-0.1, -0.05) is 6.07 Å². The molecule has 6 heteroatoms. The molecular formula is C24H34N4O2. The minimum Gasteiger partial charge on any atom is -0.508 e. The fourth-order valence-corrected chi connectivity index (χ4v) is 3.73. The molecule has 0 spiro atoms. The summed E-state index contributed by atoms with van der Waals surface area (Å²) in [4.78, 5) is 21.7. The van der Waals surface area contributed by atoms with E-state index in [4.69, 9.17) is 0 Å². The summed E-state index contributed by atoms with van der Waals surface area (Å²) in [6.45, 7) is 5.10. The Morgan fingerprint density at radius 2 is 1.53 bits per heavy atom. The summed E-state index contributed by atoms with van der Waals surface area (Å²) in [5, 5.41) is 9.75. The van der Waals surface area contributed by atoms with Crippen LogP contribution in [0.25, 0.3) is 0 Å². The smallest absolute Gasteiger partial charge is 0.254 e. The first-order valence-electron chi connectivity index (χ1n) is 10.6. The van der Waals surface area contributed by atoms with E-state index in [-0.39, 0.29) is 11.7 Å². The van der Waals surface area contributed by atoms with Crippen molar-refractivity contribution in [1.82, 2.24) is 14.7 Å². The Morgan fingerprint density at radius 3 is 2.13 bits per heavy atom. The highest BCUT2D eigenvalue weighted by molar-refractivity contribution is 5.94. The highest BCUT2D eigenvalue weighted by Crippen LogP contribution is 2.25. The third kappa shape index (κ3) is 5.74. The quantitative estimate of drug-likeness (QED) is 0.725. The lowest BCUT2D eigenvalue weighted by molar-refractivity contribution is 0.0734. The van der Waals surface area contributed by atoms with E-state index in [1.54, 1.807) is 12.1 Å². The molecular weight excluding hydrogens is 376 g/mol. The van der Waals surface area contributed by atoms with Gasteiger partial charge in [-0.3, -0.25) is 4.79 Å². The minimum absolute atomic E-state index is 0.0451. The molecule has 0 bridgehead atoms. The molecule has 3 rings (SSSR count). The predicted octanol–water partition coefficient (Wildman–Crippen LogP) is 2.52. The van der Waals surface area contributed by atoms with Crippen molar-refractivity contribution in [3.8, 4) is 5.75 Å². The number of hydrogen-bond acceptors (Lipinski definition) is 5. The number of hydrogen-bond donors (Lipinski definition) is 1. The first-order chi connectivity index (χ1) is 14.3. The van der Waals surface area contributed by atoms with Gasteiger partial charge in [0.15, 0.2) is 0 Å². The summed E-state index contributed by atoms with van der Waals surface area (Å²) in [5.74, 6) is 0.298. The summed E-state index contributed by atoms with van der Waals surface area (Å²) >= 11 is 0. The molecule has 0 aliphatic carbocycles. The molecule has 1 heterocycles. The van der Waals surface area contributed by atoms with Crippen LogP contribution in [0.4, 0.5) is 5.69 Å². The van der Waals surface area contributed by atoms with Gasteiger partial charge in [0.25, 0.3) is 5.91 Å². The van der Waals surface area contributed by atoms with E-state index in [2.05, 4.69) is 55.0 Å². The van der Waals surface area contributed by atoms with E-state index < -0.39 is 0 Å². The van der Waals surface area contributed by atoms with Gasteiger partial charge >= 0.3 is 0 Å². The molecule has 0 radical (unpaired) electrons. The fourth-order valence-electron chi connectivity index (χ4n) is 3.73. The molecule has 0 unspecified atom stereocenters. The number of nitrogens with zero attached hydrogens (tertiary/aromatic N) is 4. The first kappa shape index (κ1) is 22.1. The summed E-state index contributed by atoms with van der Waals surface area (Å²) < 4.78 is 0. The molecule has 30 heavy (non-hydrogen) atoms. The maximum Gasteiger partial charge on any atom is 0.254 e. The van der Waals surface area contributed by atoms with Crippen molar-refractivity contribution in [2.75, 3.05) is 65.8 Å². The second-order valence-corrected chi connectivity index (χ2v) is 8.57. The van der Waals surface area contributed by atoms with Crippen molar-refractivity contribution in [1.29, 1.82) is 0 Å². The number of carbonyl (C=O) groups excluding carboxylic acids is 1. The monoisotopic (exact) mass is 410 g/mol. The zero-order valence-corrected chi connectivity index (χ0v) is 18.6. The second-order valence-electron chi connectivity index (χ2n) is 8.57. The molecule has 2 aromatic carbocycles. The number of rotatable bonds is 8. The van der Waals surface area contributed by atoms with Gasteiger partial charge in [0.1, 0.15) is 5.75 Å². The van der Waals surface area contributed by atoms with Gasteiger partial charge in [0, 0.05) is 50.5 Å². The van der Waals surface area contributed by atoms with Crippen molar-refractivity contribution in [2.24, 2.45) is 0 Å². The molecule has 1 amide bonds. The number of benzene rings is 2. The lowest BCUT2D eigenvalue weighted by Gasteiger charge is -2.30. The predicted molar refractivity (Wildman–Crippen MR) is 122 cm³/mol. The van der Waals surface area contributed by atoms with Gasteiger partial charge in [-0.15, -0.1) is 0 Å². The van der Waals surface area contributed by atoms with Crippen LogP contribution < -0.4 is 4.90 Å². The van der Waals surface area contributed by atoms with Gasteiger partial charge in [0.05, 0.1) is 0 Å². The molecule has 0 atom stereocenters. The minimum atomic E-state index is 0.0451. The van der Waals surface area contributed by atoms with E-state index in [0.717, 1.165) is 43.9 Å². The van der Waals surface area contributed by atoms with Gasteiger partial charge in [0.2, 0.25) is 0 Å². The summed E-state index contributed by atoms with van der Waals surface area (Å²) in [6, 6.07) is 13.4. The van der Waals surface area contributed by atoms with E-state index in [1.807, 2.05) is 23.1 Å². The lowest BCUT2D eigenvalue weighted by atomic mass is 9.99. The average Bonchev–Trinajstić information content (AvgIpc) is 2.72. The standard InChI is InChI=1S/C24H34N4O2/c1-25(2)13-15-27(16-14-26(3)4)22-8-5-20(6-9-22)24(30)28-12-11-19-7-10-23(29)17-21(19)18-28/h5-10,17,29H,11-16,18H2,1-4H3. The third-order valence-electron chi connectivity index (χ3n) is 5.60. The Kier molecular flexibility index (Phi) is 7.34. The van der Waals surface area contributed by atoms with Crippen molar-refractivity contribution < 1.29 is 9.90 Å². The number of phenolic OH excluding ortho intramolecular Hbond substituents is 1. The maximum atomic E-state index is 13.0. The molecule has 0 aromatic heterocycles. The van der Waals surface area contributed by atoms with Crippen LogP contribution in [0, 0.1) is 0 Å². The van der Waals surface area contributed by atoms with Gasteiger partial charge in [-0.05, 0) is 82.1 Å². The molecule has 1 aliphatic heterocycles. The largest absolute Gasteiger partial charge is 0.508 e. The zero-order valence-electron chi connectivity index (χ0n) is 18.6. The number of carbonyl (C=O) groups is 1. The second kappa shape index (κ2) is 9.96. The lowest BCUT2D eigenvalue weighted by Crippen LogP contribution is -2.37. The van der Waals surface area contributed by atoms with Crippen LogP contribution in [0.3, 0.4) is 0 Å². The molecule has 162 valence electrons. The summed E-state index contributed by atoms with van der Waals surface area (Å²) in [6.07, 6.45) is 0.822. The number of phenols is 1. The van der Waals surface area contributed by atoms with Crippen LogP contribution in [0.1, 0.15) is 21.5 Å². The van der Waals surface area contributed by atoms with Crippen molar-refractivity contribution in [2.45, 2.75) is 13.0 Å². The number of likely N-dealkylation sites (N-methyl/N-ethyl adjacent to an activating group) is 2. The van der Waals surface area contributed by atoms with Crippen molar-refractivity contribution in [3.63, 3.8) is 0 Å². The molecule has 0 saturated heterocycles. The Bertz CT molecular complexity index is 837. The van der Waals surface area contributed by atoms with Crippen LogP contribution in [-0.2, 0) is 13.0 Å². The molecule has 1 aliphatic rings. The zero-order chi connectivity index (χ0) is 21.7. The number of aromatic hydroxyl groups is 1. The SMILES string of the molecule is CN(C)CCN(CCN(C)C)c1ccc(C(=O)N2CCc3ccc(O)cc3C2)cc1. The highest BCUT2D eigenvalue weighted by atomic mass is 16.3. The Labute approximate surface area is 180 Å². The molecule has 0 saturated carbocycles. The van der Waals surface area contributed by atoms with Gasteiger partial charge in [-0.25, -0.2) is 0 Å². The Hall–Kier alpha value is -2.57. The number of amides is 1. The number of fused-ring (bicyclic) bond motifs is 1. The van der Waals surface area contributed by atoms with Crippen molar-refractivity contribution in [3.05, 3.63) is 59.2 Å². The summed E-state index contributed by atoms with van der Waals surface area (Å²) in [7, 11) is 8.34. The molecule has 2 aromatic rings. The topological polar surface area (TPSA) is 50.3 Å². The normalized spacial score (nSPS) is 13.6. The molecule has 1 N–H and O–H groups in total. The van der Waals surface area contributed by atoms with Crippen LogP contribution >= 0.6 is 0 Å². The van der Waals surface area contributed by atoms with E-state index in [9.17, 15) is 9.90 Å². The average molecular weight is 411 g/mol. The van der Waals surface area contributed by atoms with E-state index in [1.165, 1.54) is 5.56 Å². The van der Waals surface area contributed by atoms with E-state index in [0.29, 0.717) is 18.7 Å². The van der Waals surface area contributed by atoms with Crippen molar-refractivity contribution >= 4 is 11.6 Å². The van der Waals surface area contributed by atoms with Crippen LogP contribution in [0.2, 0.25) is 0 Å². The molecule has 6 nitrogen and oxygen atoms in total. The summed E-state index contributed by atoms with van der Waals surface area (Å²) in [5.41, 5.74) is 4.10. The molecule has 0 fully saturated rings. The first-order valence-corrected chi connectivity index (χ1v) is 10.6. The Balaban J connectivity index is 1.69. The fraction of sp³-hybridized carbons (Fsp3) is 0.458. The van der Waals surface area contributed by atoms with Gasteiger partial charge in [-0.2, -0.15) is 0 Å². The van der Waals surface area contributed by atoms with Gasteiger partial charge < -0.3 is 24.7 Å². The highest BCUT2D eigenvalue weighted by Gasteiger charge is 2.22. The van der Waals surface area contributed by atoms with Crippen LogP contribution in [0.15, 0.2) is 42.5 Å². The number of anilines is 1. The third-order valence-corrected chi connectivity index (χ3v) is 5.60. The van der Waals surface area contributed by atoms with Crippen LogP contribution in [-0.4, -0.2) is 86.6 Å². The maximum absolute atomic E-state index is 13.0. The van der Waals surface area contributed by atoms with Crippen LogP contribution in [0.5, 0.6) is 5.75 Å². The Morgan fingerprint density at radius 1 is 0.900 bits per heavy atom.